The Kier molecular flexibility index (Phi) is 3.98. The first-order chi connectivity index (χ1) is 8.50. The number of pyridine rings is 1. The molecule has 0 aliphatic rings. The standard InChI is InChI=1S/C14H15Cl2NO/c1-8-9(2)18-10(3)14(8)12(15)6-11-4-5-17-7-13(11)16/h4-5,7,12H,6H2,1-3H3. The van der Waals surface area contributed by atoms with Crippen molar-refractivity contribution >= 4 is 23.2 Å². The van der Waals surface area contributed by atoms with Crippen molar-refractivity contribution in [2.75, 3.05) is 0 Å². The monoisotopic (exact) mass is 283 g/mol. The fraction of sp³-hybridized carbons (Fsp3) is 0.357. The summed E-state index contributed by atoms with van der Waals surface area (Å²) >= 11 is 12.6. The average molecular weight is 284 g/mol. The fourth-order valence-electron chi connectivity index (χ4n) is 2.14. The van der Waals surface area contributed by atoms with Gasteiger partial charge in [-0.1, -0.05) is 11.6 Å². The second-order valence-corrected chi connectivity index (χ2v) is 5.33. The molecule has 2 nitrogen and oxygen atoms in total. The highest BCUT2D eigenvalue weighted by atomic mass is 35.5. The van der Waals surface area contributed by atoms with Gasteiger partial charge in [0.25, 0.3) is 0 Å². The molecule has 0 bridgehead atoms. The Morgan fingerprint density at radius 3 is 2.56 bits per heavy atom. The molecule has 0 fully saturated rings. The summed E-state index contributed by atoms with van der Waals surface area (Å²) in [6.07, 6.45) is 4.04. The van der Waals surface area contributed by atoms with Crippen LogP contribution >= 0.6 is 23.2 Å². The highest BCUT2D eigenvalue weighted by Gasteiger charge is 2.20. The van der Waals surface area contributed by atoms with Crippen LogP contribution in [0.5, 0.6) is 0 Å². The predicted molar refractivity (Wildman–Crippen MR) is 74.5 cm³/mol. The van der Waals surface area contributed by atoms with E-state index in [9.17, 15) is 0 Å². The van der Waals surface area contributed by atoms with Gasteiger partial charge >= 0.3 is 0 Å². The molecule has 2 heterocycles. The van der Waals surface area contributed by atoms with Crippen LogP contribution in [0.25, 0.3) is 0 Å². The lowest BCUT2D eigenvalue weighted by Gasteiger charge is -2.11. The maximum Gasteiger partial charge on any atom is 0.106 e. The molecule has 0 saturated heterocycles. The van der Waals surface area contributed by atoms with Crippen LogP contribution in [0.15, 0.2) is 22.9 Å². The first-order valence-electron chi connectivity index (χ1n) is 5.79. The molecule has 0 N–H and O–H groups in total. The van der Waals surface area contributed by atoms with Gasteiger partial charge in [-0.25, -0.2) is 0 Å². The summed E-state index contributed by atoms with van der Waals surface area (Å²) in [6.45, 7) is 5.93. The molecule has 1 unspecified atom stereocenters. The van der Waals surface area contributed by atoms with Gasteiger partial charge in [0.1, 0.15) is 11.5 Å². The van der Waals surface area contributed by atoms with Gasteiger partial charge in [-0.05, 0) is 44.4 Å². The van der Waals surface area contributed by atoms with E-state index in [-0.39, 0.29) is 5.38 Å². The second kappa shape index (κ2) is 5.33. The molecule has 2 aromatic rings. The largest absolute Gasteiger partial charge is 0.466 e. The van der Waals surface area contributed by atoms with Gasteiger partial charge in [-0.2, -0.15) is 0 Å². The molecular weight excluding hydrogens is 269 g/mol. The van der Waals surface area contributed by atoms with E-state index in [1.165, 1.54) is 0 Å². The number of hydrogen-bond acceptors (Lipinski definition) is 2. The van der Waals surface area contributed by atoms with Gasteiger partial charge in [-0.15, -0.1) is 11.6 Å². The Morgan fingerprint density at radius 2 is 2.00 bits per heavy atom. The maximum absolute atomic E-state index is 6.50. The Bertz CT molecular complexity index is 563. The molecule has 0 radical (unpaired) electrons. The smallest absolute Gasteiger partial charge is 0.106 e. The second-order valence-electron chi connectivity index (χ2n) is 4.39. The summed E-state index contributed by atoms with van der Waals surface area (Å²) in [7, 11) is 0. The van der Waals surface area contributed by atoms with Crippen LogP contribution in [0.2, 0.25) is 5.02 Å². The number of aryl methyl sites for hydroxylation is 2. The molecule has 18 heavy (non-hydrogen) atoms. The van der Waals surface area contributed by atoms with Gasteiger partial charge in [-0.3, -0.25) is 4.98 Å². The van der Waals surface area contributed by atoms with E-state index in [0.717, 1.165) is 28.2 Å². The molecule has 0 saturated carbocycles. The van der Waals surface area contributed by atoms with Gasteiger partial charge in [0.05, 0.1) is 10.4 Å². The van der Waals surface area contributed by atoms with Crippen LogP contribution in [0.4, 0.5) is 0 Å². The summed E-state index contributed by atoms with van der Waals surface area (Å²) in [6, 6.07) is 1.90. The minimum atomic E-state index is -0.137. The van der Waals surface area contributed by atoms with Gasteiger partial charge in [0.2, 0.25) is 0 Å². The lowest BCUT2D eigenvalue weighted by Crippen LogP contribution is -1.99. The first-order valence-corrected chi connectivity index (χ1v) is 6.61. The van der Waals surface area contributed by atoms with E-state index in [1.54, 1.807) is 12.4 Å². The minimum Gasteiger partial charge on any atom is -0.466 e. The zero-order valence-corrected chi connectivity index (χ0v) is 12.1. The number of hydrogen-bond donors (Lipinski definition) is 0. The number of halogens is 2. The Balaban J connectivity index is 2.28. The van der Waals surface area contributed by atoms with Crippen LogP contribution in [0.1, 0.15) is 33.6 Å². The lowest BCUT2D eigenvalue weighted by molar-refractivity contribution is 0.499. The van der Waals surface area contributed by atoms with E-state index in [2.05, 4.69) is 4.98 Å². The average Bonchev–Trinajstić information content (AvgIpc) is 2.56. The van der Waals surface area contributed by atoms with Crippen molar-refractivity contribution in [1.29, 1.82) is 0 Å². The molecule has 0 aromatic carbocycles. The SMILES string of the molecule is Cc1oc(C)c(C(Cl)Cc2ccncc2Cl)c1C. The van der Waals surface area contributed by atoms with E-state index >= 15 is 0 Å². The van der Waals surface area contributed by atoms with Crippen LogP contribution in [-0.2, 0) is 6.42 Å². The summed E-state index contributed by atoms with van der Waals surface area (Å²) in [5.74, 6) is 1.81. The summed E-state index contributed by atoms with van der Waals surface area (Å²) < 4.78 is 5.60. The number of furan rings is 1. The Morgan fingerprint density at radius 1 is 1.28 bits per heavy atom. The lowest BCUT2D eigenvalue weighted by atomic mass is 10.0. The van der Waals surface area contributed by atoms with Crippen molar-refractivity contribution in [3.05, 3.63) is 51.7 Å². The van der Waals surface area contributed by atoms with Crippen LogP contribution < -0.4 is 0 Å². The minimum absolute atomic E-state index is 0.137. The van der Waals surface area contributed by atoms with E-state index in [4.69, 9.17) is 27.6 Å². The van der Waals surface area contributed by atoms with Crippen molar-refractivity contribution in [3.63, 3.8) is 0 Å². The quantitative estimate of drug-likeness (QED) is 0.758. The van der Waals surface area contributed by atoms with E-state index < -0.39 is 0 Å². The van der Waals surface area contributed by atoms with Crippen molar-refractivity contribution < 1.29 is 4.42 Å². The Hall–Kier alpha value is -0.990. The highest BCUT2D eigenvalue weighted by Crippen LogP contribution is 2.34. The first kappa shape index (κ1) is 13.4. The number of alkyl halides is 1. The van der Waals surface area contributed by atoms with Crippen LogP contribution in [0, 0.1) is 20.8 Å². The molecule has 2 aromatic heterocycles. The summed E-state index contributed by atoms with van der Waals surface area (Å²) in [5.41, 5.74) is 3.20. The maximum atomic E-state index is 6.50. The highest BCUT2D eigenvalue weighted by molar-refractivity contribution is 6.31. The van der Waals surface area contributed by atoms with Gasteiger partial charge < -0.3 is 4.42 Å². The van der Waals surface area contributed by atoms with Crippen molar-refractivity contribution in [3.8, 4) is 0 Å². The number of aromatic nitrogens is 1. The molecule has 4 heteroatoms. The molecule has 96 valence electrons. The molecule has 1 atom stereocenters. The zero-order chi connectivity index (χ0) is 13.3. The molecule has 0 amide bonds. The van der Waals surface area contributed by atoms with Crippen molar-refractivity contribution in [2.45, 2.75) is 32.6 Å². The van der Waals surface area contributed by atoms with Gasteiger partial charge in [0.15, 0.2) is 0 Å². The molecule has 0 aliphatic heterocycles. The number of nitrogens with zero attached hydrogens (tertiary/aromatic N) is 1. The third-order valence-electron chi connectivity index (χ3n) is 3.19. The molecule has 2 rings (SSSR count). The van der Waals surface area contributed by atoms with Gasteiger partial charge in [0, 0.05) is 18.0 Å². The Labute approximate surface area is 117 Å². The summed E-state index contributed by atoms with van der Waals surface area (Å²) in [4.78, 5) is 3.97. The third kappa shape index (κ3) is 2.55. The van der Waals surface area contributed by atoms with Crippen molar-refractivity contribution in [1.82, 2.24) is 4.98 Å². The fourth-order valence-corrected chi connectivity index (χ4v) is 2.82. The predicted octanol–water partition coefficient (Wildman–Crippen LogP) is 4.78. The van der Waals surface area contributed by atoms with Crippen LogP contribution in [-0.4, -0.2) is 4.98 Å². The molecular formula is C14H15Cl2NO. The number of rotatable bonds is 3. The van der Waals surface area contributed by atoms with Crippen LogP contribution in [0.3, 0.4) is 0 Å². The zero-order valence-electron chi connectivity index (χ0n) is 10.6. The van der Waals surface area contributed by atoms with E-state index in [0.29, 0.717) is 11.4 Å². The summed E-state index contributed by atoms with van der Waals surface area (Å²) in [5, 5.41) is 0.515. The molecule has 0 aliphatic carbocycles. The van der Waals surface area contributed by atoms with Crippen molar-refractivity contribution in [2.24, 2.45) is 0 Å². The van der Waals surface area contributed by atoms with E-state index in [1.807, 2.05) is 26.8 Å². The normalized spacial score (nSPS) is 12.7. The molecule has 0 spiro atoms. The topological polar surface area (TPSA) is 26.0 Å². The third-order valence-corrected chi connectivity index (χ3v) is 3.90.